The normalized spacial score (nSPS) is 10.2. The molecule has 0 aliphatic heterocycles. The van der Waals surface area contributed by atoms with Crippen molar-refractivity contribution in [2.45, 2.75) is 0 Å². The molecular formula is C12H7FINO2. The number of nitrogens with one attached hydrogen (secondary N) is 1. The van der Waals surface area contributed by atoms with E-state index in [0.29, 0.717) is 21.1 Å². The lowest BCUT2D eigenvalue weighted by Gasteiger charge is -2.03. The number of carbonyl (C=O) groups excluding carboxylic acids is 1. The van der Waals surface area contributed by atoms with Crippen molar-refractivity contribution in [1.29, 1.82) is 0 Å². The van der Waals surface area contributed by atoms with Crippen LogP contribution in [0.15, 0.2) is 35.1 Å². The van der Waals surface area contributed by atoms with Crippen molar-refractivity contribution in [2.24, 2.45) is 0 Å². The van der Waals surface area contributed by atoms with Gasteiger partial charge in [0, 0.05) is 9.26 Å². The minimum absolute atomic E-state index is 0.108. The van der Waals surface area contributed by atoms with E-state index in [1.54, 1.807) is 18.2 Å². The van der Waals surface area contributed by atoms with E-state index in [1.807, 2.05) is 22.6 Å². The molecule has 2 aromatic rings. The first kappa shape index (κ1) is 12.0. The van der Waals surface area contributed by atoms with Gasteiger partial charge in [-0.15, -0.1) is 0 Å². The topological polar surface area (TPSA) is 49.9 Å². The predicted octanol–water partition coefficient (Wildman–Crippen LogP) is 2.60. The molecular weight excluding hydrogens is 336 g/mol. The Morgan fingerprint density at radius 1 is 1.24 bits per heavy atom. The number of hydrogen-bond donors (Lipinski definition) is 1. The number of benzene rings is 1. The highest BCUT2D eigenvalue weighted by atomic mass is 127. The first-order valence-electron chi connectivity index (χ1n) is 4.76. The third-order valence-corrected chi connectivity index (χ3v) is 3.19. The zero-order chi connectivity index (χ0) is 12.4. The second-order valence-corrected chi connectivity index (χ2v) is 4.56. The molecule has 3 nitrogen and oxygen atoms in total. The van der Waals surface area contributed by atoms with Crippen LogP contribution in [0, 0.1) is 9.39 Å². The number of pyridine rings is 1. The molecule has 1 aromatic heterocycles. The maximum atomic E-state index is 12.8. The van der Waals surface area contributed by atoms with Gasteiger partial charge in [-0.2, -0.15) is 0 Å². The number of aldehydes is 1. The van der Waals surface area contributed by atoms with E-state index in [-0.39, 0.29) is 11.4 Å². The summed E-state index contributed by atoms with van der Waals surface area (Å²) in [5.74, 6) is -0.338. The average Bonchev–Trinajstić information content (AvgIpc) is 2.29. The third-order valence-electron chi connectivity index (χ3n) is 2.29. The molecule has 0 fully saturated rings. The molecule has 0 aliphatic rings. The van der Waals surface area contributed by atoms with Gasteiger partial charge in [-0.05, 0) is 58.5 Å². The van der Waals surface area contributed by atoms with Crippen molar-refractivity contribution in [3.05, 3.63) is 55.6 Å². The fourth-order valence-corrected chi connectivity index (χ4v) is 2.12. The quantitative estimate of drug-likeness (QED) is 0.673. The predicted molar refractivity (Wildman–Crippen MR) is 70.6 cm³/mol. The monoisotopic (exact) mass is 343 g/mol. The Morgan fingerprint density at radius 3 is 2.41 bits per heavy atom. The van der Waals surface area contributed by atoms with Crippen LogP contribution in [-0.2, 0) is 0 Å². The molecule has 17 heavy (non-hydrogen) atoms. The van der Waals surface area contributed by atoms with E-state index >= 15 is 0 Å². The van der Waals surface area contributed by atoms with Crippen LogP contribution < -0.4 is 5.56 Å². The Hall–Kier alpha value is -1.50. The molecule has 0 radical (unpaired) electrons. The first-order valence-corrected chi connectivity index (χ1v) is 5.83. The van der Waals surface area contributed by atoms with Gasteiger partial charge in [0.25, 0.3) is 5.56 Å². The van der Waals surface area contributed by atoms with Crippen molar-refractivity contribution in [1.82, 2.24) is 4.98 Å². The summed E-state index contributed by atoms with van der Waals surface area (Å²) in [4.78, 5) is 24.8. The smallest absolute Gasteiger partial charge is 0.260 e. The molecule has 1 N–H and O–H groups in total. The van der Waals surface area contributed by atoms with E-state index in [9.17, 15) is 14.0 Å². The summed E-state index contributed by atoms with van der Waals surface area (Å²) in [6.45, 7) is 0. The van der Waals surface area contributed by atoms with E-state index in [1.165, 1.54) is 12.1 Å². The van der Waals surface area contributed by atoms with Crippen LogP contribution in [0.3, 0.4) is 0 Å². The van der Waals surface area contributed by atoms with Crippen LogP contribution in [0.5, 0.6) is 0 Å². The van der Waals surface area contributed by atoms with Gasteiger partial charge in [0.1, 0.15) is 5.82 Å². The molecule has 0 unspecified atom stereocenters. The molecule has 1 aromatic carbocycles. The number of halogens is 2. The van der Waals surface area contributed by atoms with Gasteiger partial charge in [-0.3, -0.25) is 9.59 Å². The summed E-state index contributed by atoms with van der Waals surface area (Å²) in [5, 5.41) is 0. The van der Waals surface area contributed by atoms with Gasteiger partial charge in [0.05, 0.1) is 5.56 Å². The maximum Gasteiger partial charge on any atom is 0.260 e. The van der Waals surface area contributed by atoms with Crippen molar-refractivity contribution >= 4 is 28.9 Å². The second kappa shape index (κ2) is 4.79. The molecule has 0 atom stereocenters. The minimum atomic E-state index is -0.439. The van der Waals surface area contributed by atoms with Gasteiger partial charge < -0.3 is 4.98 Å². The largest absolute Gasteiger partial charge is 0.321 e. The van der Waals surface area contributed by atoms with Crippen molar-refractivity contribution in [3.8, 4) is 11.3 Å². The minimum Gasteiger partial charge on any atom is -0.321 e. The number of H-pyrrole nitrogens is 1. The number of carbonyl (C=O) groups is 1. The molecule has 0 saturated heterocycles. The molecule has 0 bridgehead atoms. The number of aromatic nitrogens is 1. The van der Waals surface area contributed by atoms with E-state index in [2.05, 4.69) is 4.98 Å². The highest BCUT2D eigenvalue weighted by Gasteiger charge is 2.07. The molecule has 0 amide bonds. The number of hydrogen-bond acceptors (Lipinski definition) is 2. The van der Waals surface area contributed by atoms with Crippen LogP contribution in [0.1, 0.15) is 10.4 Å². The van der Waals surface area contributed by atoms with Crippen LogP contribution >= 0.6 is 22.6 Å². The highest BCUT2D eigenvalue weighted by Crippen LogP contribution is 2.19. The zero-order valence-corrected chi connectivity index (χ0v) is 10.7. The van der Waals surface area contributed by atoms with Crippen LogP contribution in [0.4, 0.5) is 4.39 Å². The van der Waals surface area contributed by atoms with Gasteiger partial charge in [-0.25, -0.2) is 4.39 Å². The van der Waals surface area contributed by atoms with Crippen molar-refractivity contribution < 1.29 is 9.18 Å². The van der Waals surface area contributed by atoms with E-state index < -0.39 is 5.56 Å². The van der Waals surface area contributed by atoms with Gasteiger partial charge in [0.15, 0.2) is 6.29 Å². The summed E-state index contributed by atoms with van der Waals surface area (Å²) in [6, 6.07) is 7.44. The van der Waals surface area contributed by atoms with Crippen LogP contribution in [0.2, 0.25) is 0 Å². The van der Waals surface area contributed by atoms with E-state index in [0.717, 1.165) is 0 Å². The number of rotatable bonds is 2. The fourth-order valence-electron chi connectivity index (χ4n) is 1.43. The Morgan fingerprint density at radius 2 is 1.88 bits per heavy atom. The molecule has 0 spiro atoms. The first-order chi connectivity index (χ1) is 8.11. The van der Waals surface area contributed by atoms with Gasteiger partial charge >= 0.3 is 0 Å². The molecule has 0 aliphatic carbocycles. The Labute approximate surface area is 110 Å². The zero-order valence-electron chi connectivity index (χ0n) is 8.54. The van der Waals surface area contributed by atoms with Crippen molar-refractivity contribution in [3.63, 3.8) is 0 Å². The van der Waals surface area contributed by atoms with Gasteiger partial charge in [-0.1, -0.05) is 0 Å². The Kier molecular flexibility index (Phi) is 3.37. The Bertz CT molecular complexity index is 619. The van der Waals surface area contributed by atoms with E-state index in [4.69, 9.17) is 0 Å². The average molecular weight is 343 g/mol. The summed E-state index contributed by atoms with van der Waals surface area (Å²) in [5.41, 5.74) is 0.923. The third kappa shape index (κ3) is 2.44. The SMILES string of the molecule is O=Cc1c(I)cc(-c2ccc(F)cc2)[nH]c1=O. The summed E-state index contributed by atoms with van der Waals surface area (Å²) < 4.78 is 13.3. The number of aromatic amines is 1. The second-order valence-electron chi connectivity index (χ2n) is 3.40. The van der Waals surface area contributed by atoms with Gasteiger partial charge in [0.2, 0.25) is 0 Å². The summed E-state index contributed by atoms with van der Waals surface area (Å²) in [7, 11) is 0. The molecule has 86 valence electrons. The molecule has 2 rings (SSSR count). The lowest BCUT2D eigenvalue weighted by atomic mass is 10.1. The molecule has 5 heteroatoms. The molecule has 1 heterocycles. The standard InChI is InChI=1S/C12H7FINO2/c13-8-3-1-7(2-4-8)11-5-10(14)9(6-16)12(17)15-11/h1-6H,(H,15,17). The van der Waals surface area contributed by atoms with Crippen molar-refractivity contribution in [2.75, 3.05) is 0 Å². The lowest BCUT2D eigenvalue weighted by molar-refractivity contribution is 0.112. The molecule has 0 saturated carbocycles. The van der Waals surface area contributed by atoms with Crippen LogP contribution in [0.25, 0.3) is 11.3 Å². The Balaban J connectivity index is 2.58. The fraction of sp³-hybridized carbons (Fsp3) is 0. The summed E-state index contributed by atoms with van der Waals surface area (Å²) >= 11 is 1.92. The maximum absolute atomic E-state index is 12.8. The highest BCUT2D eigenvalue weighted by molar-refractivity contribution is 14.1. The summed E-state index contributed by atoms with van der Waals surface area (Å²) in [6.07, 6.45) is 0.523. The lowest BCUT2D eigenvalue weighted by Crippen LogP contribution is -2.14. The van der Waals surface area contributed by atoms with Crippen LogP contribution in [-0.4, -0.2) is 11.3 Å².